The Hall–Kier alpha value is -4.32. The fourth-order valence-corrected chi connectivity index (χ4v) is 3.83. The van der Waals surface area contributed by atoms with Gasteiger partial charge in [-0.1, -0.05) is 6.07 Å². The van der Waals surface area contributed by atoms with Crippen molar-refractivity contribution in [1.29, 1.82) is 5.26 Å². The number of aromatic hydroxyl groups is 1. The van der Waals surface area contributed by atoms with Gasteiger partial charge in [0.05, 0.1) is 23.8 Å². The molecule has 0 bridgehead atoms. The van der Waals surface area contributed by atoms with E-state index >= 15 is 0 Å². The molecule has 2 aliphatic heterocycles. The van der Waals surface area contributed by atoms with Crippen LogP contribution in [0.3, 0.4) is 0 Å². The third kappa shape index (κ3) is 2.97. The van der Waals surface area contributed by atoms with Gasteiger partial charge >= 0.3 is 0 Å². The molecule has 9 nitrogen and oxygen atoms in total. The van der Waals surface area contributed by atoms with Gasteiger partial charge in [0.1, 0.15) is 11.6 Å². The number of H-pyrrole nitrogens is 1. The van der Waals surface area contributed by atoms with Crippen LogP contribution in [0.15, 0.2) is 47.9 Å². The monoisotopic (exact) mass is 418 g/mol. The molecule has 1 aromatic heterocycles. The lowest BCUT2D eigenvalue weighted by Gasteiger charge is -2.24. The normalized spacial score (nSPS) is 16.5. The topological polar surface area (TPSA) is 136 Å². The molecular weight excluding hydrogens is 400 g/mol. The first-order valence-electron chi connectivity index (χ1n) is 9.62. The van der Waals surface area contributed by atoms with Crippen LogP contribution in [-0.2, 0) is 0 Å². The smallest absolute Gasteiger partial charge is 0.244 e. The van der Waals surface area contributed by atoms with Crippen LogP contribution in [-0.4, -0.2) is 28.7 Å². The molecule has 3 aromatic rings. The van der Waals surface area contributed by atoms with Gasteiger partial charge in [-0.15, -0.1) is 5.10 Å². The van der Waals surface area contributed by atoms with E-state index in [1.807, 2.05) is 25.1 Å². The van der Waals surface area contributed by atoms with E-state index in [4.69, 9.17) is 24.7 Å². The van der Waals surface area contributed by atoms with Crippen LogP contribution in [0.2, 0.25) is 0 Å². The van der Waals surface area contributed by atoms with E-state index in [9.17, 15) is 10.4 Å². The van der Waals surface area contributed by atoms with Crippen molar-refractivity contribution in [2.75, 3.05) is 13.4 Å². The average Bonchev–Trinajstić information content (AvgIpc) is 3.40. The summed E-state index contributed by atoms with van der Waals surface area (Å²) in [5.74, 6) is 1.29. The van der Waals surface area contributed by atoms with Crippen LogP contribution in [0.5, 0.6) is 28.9 Å². The number of nitrogens with one attached hydrogen (secondary N) is 1. The van der Waals surface area contributed by atoms with Crippen molar-refractivity contribution >= 4 is 0 Å². The maximum Gasteiger partial charge on any atom is 0.244 e. The van der Waals surface area contributed by atoms with E-state index in [0.717, 1.165) is 5.56 Å². The van der Waals surface area contributed by atoms with Crippen LogP contribution in [0.4, 0.5) is 0 Å². The first-order valence-corrected chi connectivity index (χ1v) is 9.62. The largest absolute Gasteiger partial charge is 0.504 e. The Labute approximate surface area is 177 Å². The van der Waals surface area contributed by atoms with Crippen molar-refractivity contribution in [3.05, 3.63) is 59.0 Å². The number of ether oxygens (including phenoxy) is 4. The number of rotatable bonds is 4. The van der Waals surface area contributed by atoms with Gasteiger partial charge in [-0.05, 0) is 42.8 Å². The zero-order valence-corrected chi connectivity index (χ0v) is 16.5. The van der Waals surface area contributed by atoms with E-state index in [0.29, 0.717) is 40.7 Å². The third-order valence-corrected chi connectivity index (χ3v) is 5.22. The van der Waals surface area contributed by atoms with E-state index in [2.05, 4.69) is 16.3 Å². The van der Waals surface area contributed by atoms with Crippen LogP contribution in [0.1, 0.15) is 24.0 Å². The van der Waals surface area contributed by atoms with Gasteiger partial charge in [0, 0.05) is 5.56 Å². The van der Waals surface area contributed by atoms with Gasteiger partial charge in [-0.25, -0.2) is 0 Å². The molecule has 1 atom stereocenters. The number of fused-ring (bicyclic) bond motifs is 2. The number of aromatic nitrogens is 2. The summed E-state index contributed by atoms with van der Waals surface area (Å²) < 4.78 is 22.1. The van der Waals surface area contributed by atoms with Crippen molar-refractivity contribution < 1.29 is 24.1 Å². The highest BCUT2D eigenvalue weighted by molar-refractivity contribution is 5.73. The summed E-state index contributed by atoms with van der Waals surface area (Å²) in [6.07, 6.45) is 0. The average molecular weight is 418 g/mol. The van der Waals surface area contributed by atoms with Gasteiger partial charge < -0.3 is 29.8 Å². The number of phenols is 1. The molecule has 0 aliphatic carbocycles. The Morgan fingerprint density at radius 1 is 1.26 bits per heavy atom. The summed E-state index contributed by atoms with van der Waals surface area (Å²) in [4.78, 5) is 0. The van der Waals surface area contributed by atoms with Gasteiger partial charge in [0.25, 0.3) is 0 Å². The van der Waals surface area contributed by atoms with E-state index < -0.39 is 5.92 Å². The Morgan fingerprint density at radius 3 is 2.90 bits per heavy atom. The van der Waals surface area contributed by atoms with Crippen LogP contribution < -0.4 is 24.7 Å². The number of phenolic OH excluding ortho intramolecular Hbond substituents is 1. The SMILES string of the molecule is CCOc1cc(C2C(C#N)=C(N)Oc3n[nH]c(-c4ccc5c(c4)OCO5)c32)ccc1O. The molecule has 5 rings (SSSR count). The lowest BCUT2D eigenvalue weighted by Crippen LogP contribution is -2.21. The van der Waals surface area contributed by atoms with Crippen molar-refractivity contribution in [3.63, 3.8) is 0 Å². The molecular formula is C22H18N4O5. The van der Waals surface area contributed by atoms with Gasteiger partial charge in [0.15, 0.2) is 23.0 Å². The molecule has 0 radical (unpaired) electrons. The van der Waals surface area contributed by atoms with Gasteiger partial charge in [-0.3, -0.25) is 5.10 Å². The zero-order chi connectivity index (χ0) is 21.5. The minimum Gasteiger partial charge on any atom is -0.504 e. The summed E-state index contributed by atoms with van der Waals surface area (Å²) in [6.45, 7) is 2.37. The number of hydrogen-bond acceptors (Lipinski definition) is 8. The third-order valence-electron chi connectivity index (χ3n) is 5.22. The number of allylic oxidation sites excluding steroid dienone is 1. The minimum absolute atomic E-state index is 0.0107. The van der Waals surface area contributed by atoms with Gasteiger partial charge in [-0.2, -0.15) is 5.26 Å². The predicted octanol–water partition coefficient (Wildman–Crippen LogP) is 3.13. The van der Waals surface area contributed by atoms with E-state index in [1.165, 1.54) is 6.07 Å². The van der Waals surface area contributed by atoms with Crippen LogP contribution >= 0.6 is 0 Å². The second-order valence-corrected chi connectivity index (χ2v) is 6.97. The fraction of sp³-hybridized carbons (Fsp3) is 0.182. The Balaban J connectivity index is 1.69. The number of nitrogens with two attached hydrogens (primary N) is 1. The minimum atomic E-state index is -0.576. The number of aromatic amines is 1. The molecule has 1 unspecified atom stereocenters. The molecule has 0 saturated heterocycles. The standard InChI is InChI=1S/C22H18N4O5/c1-2-28-16-7-11(3-5-14(16)27)18-13(9-23)21(24)31-22-19(18)20(25-26-22)12-4-6-15-17(8-12)30-10-29-15/h3-8,18,27H,2,10,24H2,1H3,(H,25,26). The molecule has 3 heterocycles. The first kappa shape index (κ1) is 18.7. The number of nitriles is 1. The lowest BCUT2D eigenvalue weighted by atomic mass is 9.83. The summed E-state index contributed by atoms with van der Waals surface area (Å²) in [7, 11) is 0. The maximum absolute atomic E-state index is 10.1. The number of nitrogens with zero attached hydrogens (tertiary/aromatic N) is 2. The predicted molar refractivity (Wildman–Crippen MR) is 109 cm³/mol. The van der Waals surface area contributed by atoms with Crippen molar-refractivity contribution in [3.8, 4) is 46.2 Å². The highest BCUT2D eigenvalue weighted by Gasteiger charge is 2.36. The molecule has 4 N–H and O–H groups in total. The molecule has 0 amide bonds. The number of hydrogen-bond donors (Lipinski definition) is 3. The van der Waals surface area contributed by atoms with Crippen molar-refractivity contribution in [2.24, 2.45) is 5.73 Å². The molecule has 0 fully saturated rings. The number of benzene rings is 2. The zero-order valence-electron chi connectivity index (χ0n) is 16.5. The Kier molecular flexibility index (Phi) is 4.33. The van der Waals surface area contributed by atoms with Crippen LogP contribution in [0, 0.1) is 11.3 Å². The summed E-state index contributed by atoms with van der Waals surface area (Å²) in [6, 6.07) is 12.6. The van der Waals surface area contributed by atoms with Crippen molar-refractivity contribution in [2.45, 2.75) is 12.8 Å². The highest BCUT2D eigenvalue weighted by Crippen LogP contribution is 2.48. The van der Waals surface area contributed by atoms with E-state index in [1.54, 1.807) is 12.1 Å². The molecule has 31 heavy (non-hydrogen) atoms. The Morgan fingerprint density at radius 2 is 2.10 bits per heavy atom. The summed E-state index contributed by atoms with van der Waals surface area (Å²) in [5.41, 5.74) is 9.08. The summed E-state index contributed by atoms with van der Waals surface area (Å²) >= 11 is 0. The maximum atomic E-state index is 10.1. The van der Waals surface area contributed by atoms with Gasteiger partial charge in [0.2, 0.25) is 18.6 Å². The first-order chi connectivity index (χ1) is 15.1. The quantitative estimate of drug-likeness (QED) is 0.588. The van der Waals surface area contributed by atoms with E-state index in [-0.39, 0.29) is 29.9 Å². The second-order valence-electron chi connectivity index (χ2n) is 6.97. The molecule has 0 spiro atoms. The molecule has 156 valence electrons. The van der Waals surface area contributed by atoms with Crippen molar-refractivity contribution in [1.82, 2.24) is 10.2 Å². The lowest BCUT2D eigenvalue weighted by molar-refractivity contribution is 0.174. The fourth-order valence-electron chi connectivity index (χ4n) is 3.83. The molecule has 2 aliphatic rings. The highest BCUT2D eigenvalue weighted by atomic mass is 16.7. The second kappa shape index (κ2) is 7.18. The summed E-state index contributed by atoms with van der Waals surface area (Å²) in [5, 5.41) is 27.2. The molecule has 0 saturated carbocycles. The molecule has 2 aromatic carbocycles. The van der Waals surface area contributed by atoms with Crippen LogP contribution in [0.25, 0.3) is 11.3 Å². The Bertz CT molecular complexity index is 1260. The molecule has 9 heteroatoms.